The molecule has 4 aliphatic heterocycles. The van der Waals surface area contributed by atoms with Gasteiger partial charge in [0.15, 0.2) is 18.9 Å². The molecule has 4 aliphatic rings. The molecule has 362 valence electrons. The van der Waals surface area contributed by atoms with Gasteiger partial charge in [-0.05, 0) is 93.9 Å². The zero-order valence-electron chi connectivity index (χ0n) is 39.6. The summed E-state index contributed by atoms with van der Waals surface area (Å²) in [6, 6.07) is -0.510. The highest BCUT2D eigenvalue weighted by molar-refractivity contribution is 5.72. The highest BCUT2D eigenvalue weighted by Gasteiger charge is 2.52. The normalized spacial score (nSPS) is 43.5. The van der Waals surface area contributed by atoms with E-state index in [0.29, 0.717) is 19.3 Å². The molecule has 0 amide bonds. The number of hydrogen-bond acceptors (Lipinski definition) is 17. The lowest BCUT2D eigenvalue weighted by atomic mass is 9.82. The molecular formula is C46H78N2O15. The molecule has 0 aromatic rings. The van der Waals surface area contributed by atoms with E-state index in [1.54, 1.807) is 46.7 Å². The number of methoxy groups -OCH3 is 1. The number of aliphatic hydroxyl groups excluding tert-OH is 2. The van der Waals surface area contributed by atoms with Crippen LogP contribution in [0.5, 0.6) is 0 Å². The van der Waals surface area contributed by atoms with E-state index in [1.807, 2.05) is 52.2 Å². The molecule has 63 heavy (non-hydrogen) atoms. The van der Waals surface area contributed by atoms with Crippen molar-refractivity contribution in [1.29, 1.82) is 0 Å². The fraction of sp³-hybridized carbons (Fsp3) is 0.848. The summed E-state index contributed by atoms with van der Waals surface area (Å²) in [5.74, 6) is -2.12. The molecule has 17 heteroatoms. The van der Waals surface area contributed by atoms with Gasteiger partial charge in [-0.15, -0.1) is 0 Å². The van der Waals surface area contributed by atoms with Crippen LogP contribution in [0.15, 0.2) is 24.3 Å². The number of aliphatic hydroxyl groups is 3. The summed E-state index contributed by atoms with van der Waals surface area (Å²) in [4.78, 5) is 43.2. The van der Waals surface area contributed by atoms with Crippen molar-refractivity contribution in [2.75, 3.05) is 35.3 Å². The number of carbonyl (C=O) groups is 3. The van der Waals surface area contributed by atoms with Crippen molar-refractivity contribution in [3.05, 3.63) is 24.3 Å². The SMILES string of the molecule is CCC(=O)O[C@@H]1CC(=O)O[C@H](C)C/C=C/C=C/[C@H](O[C@H]2CC[C@H](N(C)C)[C@@H](C)O2)[C@H](C)C[C@@H](CC=O)[C@@H](O[C@@H]2O[C@H](C)[C@@H](O[C@H]3C[C@@](C)(O)[C@@H](O)[C@H](C)O3)[C@H](N(C)C)[C@H]2O)[C@H]1OC. The Balaban J connectivity index is 1.74. The van der Waals surface area contributed by atoms with Crippen LogP contribution in [0.3, 0.4) is 0 Å². The van der Waals surface area contributed by atoms with Gasteiger partial charge in [0.05, 0.1) is 48.6 Å². The van der Waals surface area contributed by atoms with Gasteiger partial charge in [0.25, 0.3) is 0 Å². The fourth-order valence-corrected chi connectivity index (χ4v) is 9.44. The van der Waals surface area contributed by atoms with Crippen LogP contribution < -0.4 is 0 Å². The second kappa shape index (κ2) is 24.4. The van der Waals surface area contributed by atoms with Crippen molar-refractivity contribution in [1.82, 2.24) is 9.80 Å². The maximum atomic E-state index is 13.5. The number of aldehydes is 1. The van der Waals surface area contributed by atoms with Gasteiger partial charge < -0.3 is 72.5 Å². The molecular weight excluding hydrogens is 821 g/mol. The first-order valence-corrected chi connectivity index (χ1v) is 22.7. The second-order valence-corrected chi connectivity index (χ2v) is 18.6. The average Bonchev–Trinajstić information content (AvgIpc) is 3.19. The molecule has 0 radical (unpaired) electrons. The first kappa shape index (κ1) is 53.2. The number of likely N-dealkylation sites (N-methyl/N-ethyl adjacent to an activating group) is 2. The molecule has 17 nitrogen and oxygen atoms in total. The van der Waals surface area contributed by atoms with Gasteiger partial charge in [0.1, 0.15) is 42.9 Å². The molecule has 0 saturated carbocycles. The third-order valence-electron chi connectivity index (χ3n) is 12.9. The molecule has 0 bridgehead atoms. The largest absolute Gasteiger partial charge is 0.462 e. The van der Waals surface area contributed by atoms with E-state index in [1.165, 1.54) is 14.0 Å². The zero-order valence-corrected chi connectivity index (χ0v) is 39.6. The Kier molecular flexibility index (Phi) is 20.6. The molecule has 0 spiro atoms. The van der Waals surface area contributed by atoms with E-state index in [-0.39, 0.29) is 43.7 Å². The second-order valence-electron chi connectivity index (χ2n) is 18.6. The van der Waals surface area contributed by atoms with Crippen LogP contribution in [0.2, 0.25) is 0 Å². The van der Waals surface area contributed by atoms with E-state index in [4.69, 9.17) is 42.6 Å². The van der Waals surface area contributed by atoms with Gasteiger partial charge in [0, 0.05) is 38.8 Å². The van der Waals surface area contributed by atoms with Crippen molar-refractivity contribution in [2.45, 2.75) is 204 Å². The number of ether oxygens (including phenoxy) is 9. The van der Waals surface area contributed by atoms with E-state index in [2.05, 4.69) is 4.90 Å². The first-order valence-electron chi connectivity index (χ1n) is 22.7. The Bertz CT molecular complexity index is 1490. The van der Waals surface area contributed by atoms with Gasteiger partial charge in [-0.25, -0.2) is 0 Å². The Morgan fingerprint density at radius 1 is 0.905 bits per heavy atom. The molecule has 0 aromatic carbocycles. The van der Waals surface area contributed by atoms with Crippen LogP contribution >= 0.6 is 0 Å². The van der Waals surface area contributed by atoms with Gasteiger partial charge >= 0.3 is 11.9 Å². The van der Waals surface area contributed by atoms with Crippen LogP contribution in [0.4, 0.5) is 0 Å². The highest BCUT2D eigenvalue weighted by Crippen LogP contribution is 2.38. The first-order chi connectivity index (χ1) is 29.7. The van der Waals surface area contributed by atoms with Crippen molar-refractivity contribution in [3.8, 4) is 0 Å². The third kappa shape index (κ3) is 14.5. The maximum absolute atomic E-state index is 13.5. The number of nitrogens with zero attached hydrogens (tertiary/aromatic N) is 2. The summed E-state index contributed by atoms with van der Waals surface area (Å²) < 4.78 is 56.7. The summed E-state index contributed by atoms with van der Waals surface area (Å²) in [7, 11) is 9.04. The number of esters is 2. The molecule has 4 heterocycles. The Hall–Kier alpha value is -2.39. The summed E-state index contributed by atoms with van der Waals surface area (Å²) in [5.41, 5.74) is -1.49. The quantitative estimate of drug-likeness (QED) is 0.180. The number of allylic oxidation sites excluding steroid dienone is 2. The molecule has 4 rings (SSSR count). The molecule has 0 aliphatic carbocycles. The highest BCUT2D eigenvalue weighted by atomic mass is 16.7. The predicted molar refractivity (Wildman–Crippen MR) is 231 cm³/mol. The molecule has 0 aromatic heterocycles. The number of carbonyl (C=O) groups excluding carboxylic acids is 3. The predicted octanol–water partition coefficient (Wildman–Crippen LogP) is 3.29. The summed E-state index contributed by atoms with van der Waals surface area (Å²) in [6.07, 6.45) is -1.76. The smallest absolute Gasteiger partial charge is 0.309 e. The molecule has 3 saturated heterocycles. The maximum Gasteiger partial charge on any atom is 0.309 e. The fourth-order valence-electron chi connectivity index (χ4n) is 9.44. The minimum Gasteiger partial charge on any atom is -0.462 e. The van der Waals surface area contributed by atoms with Crippen LogP contribution in [0, 0.1) is 11.8 Å². The summed E-state index contributed by atoms with van der Waals surface area (Å²) in [6.45, 7) is 12.4. The van der Waals surface area contributed by atoms with Gasteiger partial charge in [0.2, 0.25) is 0 Å². The van der Waals surface area contributed by atoms with Crippen LogP contribution in [-0.4, -0.2) is 182 Å². The van der Waals surface area contributed by atoms with E-state index in [0.717, 1.165) is 12.7 Å². The van der Waals surface area contributed by atoms with Crippen LogP contribution in [-0.2, 0) is 57.0 Å². The number of hydrogen-bond donors (Lipinski definition) is 3. The molecule has 3 fully saturated rings. The Labute approximate surface area is 374 Å². The van der Waals surface area contributed by atoms with Gasteiger partial charge in [-0.3, -0.25) is 9.59 Å². The minimum absolute atomic E-state index is 0.0117. The van der Waals surface area contributed by atoms with Gasteiger partial charge in [-0.2, -0.15) is 0 Å². The minimum atomic E-state index is -1.49. The molecule has 3 N–H and O–H groups in total. The number of rotatable bonds is 13. The monoisotopic (exact) mass is 899 g/mol. The Morgan fingerprint density at radius 2 is 1.60 bits per heavy atom. The zero-order chi connectivity index (χ0) is 46.8. The lowest BCUT2D eigenvalue weighted by Gasteiger charge is -2.50. The van der Waals surface area contributed by atoms with Crippen molar-refractivity contribution in [3.63, 3.8) is 0 Å². The van der Waals surface area contributed by atoms with E-state index in [9.17, 15) is 29.7 Å². The van der Waals surface area contributed by atoms with Crippen LogP contribution in [0.1, 0.15) is 99.8 Å². The van der Waals surface area contributed by atoms with Crippen molar-refractivity contribution < 1.29 is 72.3 Å². The summed E-state index contributed by atoms with van der Waals surface area (Å²) in [5, 5.41) is 33.7. The lowest BCUT2D eigenvalue weighted by molar-refractivity contribution is -0.344. The van der Waals surface area contributed by atoms with Crippen LogP contribution in [0.25, 0.3) is 0 Å². The van der Waals surface area contributed by atoms with E-state index >= 15 is 0 Å². The molecule has 19 atom stereocenters. The summed E-state index contributed by atoms with van der Waals surface area (Å²) >= 11 is 0. The van der Waals surface area contributed by atoms with Crippen molar-refractivity contribution >= 4 is 18.2 Å². The van der Waals surface area contributed by atoms with E-state index < -0.39 is 109 Å². The molecule has 0 unspecified atom stereocenters. The third-order valence-corrected chi connectivity index (χ3v) is 12.9. The van der Waals surface area contributed by atoms with Crippen molar-refractivity contribution in [2.24, 2.45) is 11.8 Å². The van der Waals surface area contributed by atoms with Gasteiger partial charge in [-0.1, -0.05) is 38.2 Å². The standard InChI is InChI=1S/C46H78N2O15/c1-13-35(50)60-34-24-36(51)56-27(3)17-15-14-16-18-33(61-37-20-19-32(47(8)9)28(4)57-37)26(2)23-31(21-22-49)42(43(34)55-12)63-45-40(52)39(48(10)11)41(29(5)59-45)62-38-25-46(7,54)44(53)30(6)58-38/h14-16,18,22,26-34,37-45,52-54H,13,17,19-21,23-25H2,1-12H3/b15-14+,18-16+/t26-,27-,28-,29-,30+,31-,32+,33+,34-,37+,38+,39-,40-,41-,42-,43+,44+,45+,46-/m1/s1. The lowest BCUT2D eigenvalue weighted by Crippen LogP contribution is -2.65. The topological polar surface area (TPSA) is 201 Å². The average molecular weight is 899 g/mol. The Morgan fingerprint density at radius 3 is 2.21 bits per heavy atom. The number of cyclic esters (lactones) is 1.